The molecule has 92 valence electrons. The molecule has 0 unspecified atom stereocenters. The van der Waals surface area contributed by atoms with Crippen LogP contribution in [0, 0.1) is 24.1 Å². The third-order valence-electron chi connectivity index (χ3n) is 2.37. The normalized spacial score (nSPS) is 11.5. The highest BCUT2D eigenvalue weighted by atomic mass is 32.2. The number of nitriles is 1. The fourth-order valence-corrected chi connectivity index (χ4v) is 2.80. The van der Waals surface area contributed by atoms with E-state index in [0.717, 1.165) is 10.4 Å². The SMILES string of the molecule is CCN(CC#N)S(=O)(=O)c1ccc(F)c(C)c1. The highest BCUT2D eigenvalue weighted by molar-refractivity contribution is 7.89. The molecule has 1 aromatic carbocycles. The van der Waals surface area contributed by atoms with E-state index < -0.39 is 15.8 Å². The Morgan fingerprint density at radius 2 is 2.12 bits per heavy atom. The molecule has 0 aliphatic rings. The number of benzene rings is 1. The lowest BCUT2D eigenvalue weighted by Crippen LogP contribution is -2.31. The Morgan fingerprint density at radius 1 is 1.47 bits per heavy atom. The van der Waals surface area contributed by atoms with Gasteiger partial charge in [0.1, 0.15) is 12.4 Å². The van der Waals surface area contributed by atoms with Gasteiger partial charge in [-0.3, -0.25) is 0 Å². The largest absolute Gasteiger partial charge is 0.244 e. The zero-order valence-corrected chi connectivity index (χ0v) is 10.5. The quantitative estimate of drug-likeness (QED) is 0.770. The van der Waals surface area contributed by atoms with Crippen LogP contribution in [0.3, 0.4) is 0 Å². The summed E-state index contributed by atoms with van der Waals surface area (Å²) in [6.45, 7) is 3.13. The van der Waals surface area contributed by atoms with Crippen molar-refractivity contribution in [3.8, 4) is 6.07 Å². The second-order valence-corrected chi connectivity index (χ2v) is 5.44. The lowest BCUT2D eigenvalue weighted by molar-refractivity contribution is 0.462. The summed E-state index contributed by atoms with van der Waals surface area (Å²) < 4.78 is 38.2. The van der Waals surface area contributed by atoms with Gasteiger partial charge in [0.25, 0.3) is 0 Å². The van der Waals surface area contributed by atoms with Gasteiger partial charge in [-0.15, -0.1) is 0 Å². The average molecular weight is 256 g/mol. The average Bonchev–Trinajstić information content (AvgIpc) is 2.29. The molecule has 0 N–H and O–H groups in total. The summed E-state index contributed by atoms with van der Waals surface area (Å²) in [6, 6.07) is 5.38. The van der Waals surface area contributed by atoms with Gasteiger partial charge >= 0.3 is 0 Å². The summed E-state index contributed by atoms with van der Waals surface area (Å²) in [5.41, 5.74) is 0.263. The highest BCUT2D eigenvalue weighted by Gasteiger charge is 2.23. The maximum atomic E-state index is 13.1. The van der Waals surface area contributed by atoms with Gasteiger partial charge in [0.2, 0.25) is 10.0 Å². The van der Waals surface area contributed by atoms with Crippen LogP contribution in [0.5, 0.6) is 0 Å². The van der Waals surface area contributed by atoms with Crippen LogP contribution < -0.4 is 0 Å². The van der Waals surface area contributed by atoms with Gasteiger partial charge in [0.15, 0.2) is 0 Å². The van der Waals surface area contributed by atoms with Crippen molar-refractivity contribution in [1.29, 1.82) is 5.26 Å². The zero-order valence-electron chi connectivity index (χ0n) is 9.64. The van der Waals surface area contributed by atoms with E-state index in [9.17, 15) is 12.8 Å². The predicted molar refractivity (Wildman–Crippen MR) is 61.2 cm³/mol. The molecule has 0 fully saturated rings. The first kappa shape index (κ1) is 13.6. The Labute approximate surface area is 100 Å². The van der Waals surface area contributed by atoms with Gasteiger partial charge in [0.05, 0.1) is 11.0 Å². The maximum Gasteiger partial charge on any atom is 0.244 e. The first-order valence-electron chi connectivity index (χ1n) is 5.06. The third kappa shape index (κ3) is 2.81. The second-order valence-electron chi connectivity index (χ2n) is 3.50. The molecule has 0 saturated heterocycles. The van der Waals surface area contributed by atoms with E-state index in [-0.39, 0.29) is 23.5 Å². The van der Waals surface area contributed by atoms with E-state index in [0.29, 0.717) is 0 Å². The van der Waals surface area contributed by atoms with Gasteiger partial charge < -0.3 is 0 Å². The topological polar surface area (TPSA) is 61.2 Å². The summed E-state index contributed by atoms with van der Waals surface area (Å²) in [5.74, 6) is -0.452. The van der Waals surface area contributed by atoms with Crippen LogP contribution in [0.1, 0.15) is 12.5 Å². The molecule has 0 bridgehead atoms. The summed E-state index contributed by atoms with van der Waals surface area (Å²) in [7, 11) is -3.71. The van der Waals surface area contributed by atoms with Crippen molar-refractivity contribution in [1.82, 2.24) is 4.31 Å². The Hall–Kier alpha value is -1.45. The van der Waals surface area contributed by atoms with Crippen molar-refractivity contribution >= 4 is 10.0 Å². The Bertz CT molecular complexity index is 549. The molecule has 0 aliphatic heterocycles. The summed E-state index contributed by atoms with van der Waals surface area (Å²) in [5, 5.41) is 8.56. The van der Waals surface area contributed by atoms with E-state index >= 15 is 0 Å². The van der Waals surface area contributed by atoms with Crippen LogP contribution in [0.25, 0.3) is 0 Å². The number of sulfonamides is 1. The Balaban J connectivity index is 3.21. The van der Waals surface area contributed by atoms with Crippen molar-refractivity contribution in [2.24, 2.45) is 0 Å². The number of halogens is 1. The molecule has 0 atom stereocenters. The van der Waals surface area contributed by atoms with E-state index in [1.807, 2.05) is 0 Å². The summed E-state index contributed by atoms with van der Waals surface area (Å²) in [6.07, 6.45) is 0. The Kier molecular flexibility index (Phi) is 4.21. The Morgan fingerprint density at radius 3 is 2.59 bits per heavy atom. The molecule has 1 aromatic rings. The van der Waals surface area contributed by atoms with Crippen molar-refractivity contribution in [2.45, 2.75) is 18.7 Å². The molecule has 17 heavy (non-hydrogen) atoms. The fraction of sp³-hybridized carbons (Fsp3) is 0.364. The minimum atomic E-state index is -3.71. The molecule has 4 nitrogen and oxygen atoms in total. The molecule has 0 radical (unpaired) electrons. The predicted octanol–water partition coefficient (Wildman–Crippen LogP) is 1.67. The van der Waals surface area contributed by atoms with Crippen molar-refractivity contribution < 1.29 is 12.8 Å². The molecule has 0 aromatic heterocycles. The van der Waals surface area contributed by atoms with Gasteiger partial charge in [-0.25, -0.2) is 12.8 Å². The first-order chi connectivity index (χ1) is 7.93. The molecule has 0 saturated carbocycles. The summed E-state index contributed by atoms with van der Waals surface area (Å²) >= 11 is 0. The van der Waals surface area contributed by atoms with Crippen LogP contribution >= 0.6 is 0 Å². The van der Waals surface area contributed by atoms with E-state index in [2.05, 4.69) is 0 Å². The van der Waals surface area contributed by atoms with Crippen LogP contribution in [0.2, 0.25) is 0 Å². The lowest BCUT2D eigenvalue weighted by Gasteiger charge is -2.17. The molecule has 0 spiro atoms. The standard InChI is InChI=1S/C11H13FN2O2S/c1-3-14(7-6-13)17(15,16)10-4-5-11(12)9(2)8-10/h4-5,8H,3,7H2,1-2H3. The van der Waals surface area contributed by atoms with Gasteiger partial charge in [-0.05, 0) is 30.7 Å². The van der Waals surface area contributed by atoms with Crippen molar-refractivity contribution in [2.75, 3.05) is 13.1 Å². The van der Waals surface area contributed by atoms with Crippen LogP contribution in [0.15, 0.2) is 23.1 Å². The number of hydrogen-bond acceptors (Lipinski definition) is 3. The fourth-order valence-electron chi connectivity index (χ4n) is 1.37. The number of hydrogen-bond donors (Lipinski definition) is 0. The molecule has 6 heteroatoms. The maximum absolute atomic E-state index is 13.1. The molecular weight excluding hydrogens is 243 g/mol. The van der Waals surface area contributed by atoms with Gasteiger partial charge in [-0.1, -0.05) is 6.92 Å². The number of aryl methyl sites for hydroxylation is 1. The minimum Gasteiger partial charge on any atom is -0.207 e. The third-order valence-corrected chi connectivity index (χ3v) is 4.28. The number of rotatable bonds is 4. The van der Waals surface area contributed by atoms with Gasteiger partial charge in [0, 0.05) is 6.54 Å². The zero-order chi connectivity index (χ0) is 13.1. The first-order valence-corrected chi connectivity index (χ1v) is 6.50. The highest BCUT2D eigenvalue weighted by Crippen LogP contribution is 2.18. The van der Waals surface area contributed by atoms with Crippen LogP contribution in [-0.2, 0) is 10.0 Å². The molecule has 0 amide bonds. The van der Waals surface area contributed by atoms with Crippen molar-refractivity contribution in [3.05, 3.63) is 29.6 Å². The van der Waals surface area contributed by atoms with E-state index in [4.69, 9.17) is 5.26 Å². The van der Waals surface area contributed by atoms with Crippen LogP contribution in [-0.4, -0.2) is 25.8 Å². The smallest absolute Gasteiger partial charge is 0.207 e. The van der Waals surface area contributed by atoms with E-state index in [1.54, 1.807) is 13.0 Å². The molecule has 0 aliphatic carbocycles. The monoisotopic (exact) mass is 256 g/mol. The molecule has 1 rings (SSSR count). The van der Waals surface area contributed by atoms with E-state index in [1.165, 1.54) is 19.1 Å². The second kappa shape index (κ2) is 5.25. The van der Waals surface area contributed by atoms with Crippen LogP contribution in [0.4, 0.5) is 4.39 Å². The number of nitrogens with zero attached hydrogens (tertiary/aromatic N) is 2. The van der Waals surface area contributed by atoms with Crippen molar-refractivity contribution in [3.63, 3.8) is 0 Å². The molecule has 0 heterocycles. The van der Waals surface area contributed by atoms with Gasteiger partial charge in [-0.2, -0.15) is 9.57 Å². The lowest BCUT2D eigenvalue weighted by atomic mass is 10.2. The summed E-state index contributed by atoms with van der Waals surface area (Å²) in [4.78, 5) is 0.00787. The molecular formula is C11H13FN2O2S. The minimum absolute atomic E-state index is 0.00787.